The standard InChI is InChI=1S/C14H20O5.C14H14O4.C12H18O4/c1-3-10-18-13(16)7-5-6-12(15)8-9-14(17)19-11-4-2;1-3-9-17-13(15)11-5-7-12(8-6-11)14(16)18-10-4-2;1-3-9-15-11(13)7-5-6-8-12(14)16-10-4-2/h3-4H,1-2,5-11H2;3-8H,1-2,9-10H2;3-4H,1-2,5-10H2. The summed E-state index contributed by atoms with van der Waals surface area (Å²) in [6.45, 7) is 21.7. The zero-order chi connectivity index (χ0) is 40.1. The first-order valence-corrected chi connectivity index (χ1v) is 16.7. The third-order valence-corrected chi connectivity index (χ3v) is 5.93. The fourth-order valence-corrected chi connectivity index (χ4v) is 3.41. The van der Waals surface area contributed by atoms with E-state index in [0.717, 1.165) is 0 Å². The average molecular weight is 741 g/mol. The van der Waals surface area contributed by atoms with Crippen LogP contribution in [0.15, 0.2) is 100 Å². The highest BCUT2D eigenvalue weighted by Crippen LogP contribution is 2.08. The Bertz CT molecular complexity index is 1270. The van der Waals surface area contributed by atoms with E-state index in [9.17, 15) is 33.6 Å². The van der Waals surface area contributed by atoms with Crippen LogP contribution < -0.4 is 0 Å². The summed E-state index contributed by atoms with van der Waals surface area (Å²) in [6, 6.07) is 6.04. The lowest BCUT2D eigenvalue weighted by atomic mass is 10.1. The number of Topliss-reactive ketones (excluding diaryl/α,β-unsaturated/α-hetero) is 1. The smallest absolute Gasteiger partial charge is 0.338 e. The van der Waals surface area contributed by atoms with Crippen LogP contribution in [0.25, 0.3) is 0 Å². The largest absolute Gasteiger partial charge is 0.461 e. The van der Waals surface area contributed by atoms with Gasteiger partial charge < -0.3 is 28.4 Å². The maximum absolute atomic E-state index is 11.5. The number of esters is 6. The first-order chi connectivity index (χ1) is 25.5. The minimum absolute atomic E-state index is 0.0629. The van der Waals surface area contributed by atoms with Crippen molar-refractivity contribution in [2.75, 3.05) is 39.6 Å². The normalized spacial score (nSPS) is 9.36. The van der Waals surface area contributed by atoms with Crippen LogP contribution in [0.3, 0.4) is 0 Å². The van der Waals surface area contributed by atoms with Gasteiger partial charge in [0.25, 0.3) is 0 Å². The molecule has 0 heterocycles. The van der Waals surface area contributed by atoms with Crippen molar-refractivity contribution in [3.05, 3.63) is 111 Å². The van der Waals surface area contributed by atoms with E-state index >= 15 is 0 Å². The molecule has 0 saturated heterocycles. The highest BCUT2D eigenvalue weighted by Gasteiger charge is 2.11. The number of ether oxygens (including phenoxy) is 6. The maximum Gasteiger partial charge on any atom is 0.338 e. The number of ketones is 1. The molecule has 0 amide bonds. The summed E-state index contributed by atoms with van der Waals surface area (Å²) < 4.78 is 28.8. The van der Waals surface area contributed by atoms with Gasteiger partial charge in [-0.05, 0) is 43.5 Å². The summed E-state index contributed by atoms with van der Waals surface area (Å²) in [7, 11) is 0. The molecule has 13 heteroatoms. The number of carbonyl (C=O) groups is 7. The molecule has 0 radical (unpaired) electrons. The Morgan fingerprint density at radius 3 is 0.981 bits per heavy atom. The van der Waals surface area contributed by atoms with E-state index in [1.807, 2.05) is 0 Å². The molecule has 0 aromatic heterocycles. The zero-order valence-corrected chi connectivity index (χ0v) is 30.4. The van der Waals surface area contributed by atoms with Crippen molar-refractivity contribution in [2.45, 2.75) is 57.8 Å². The van der Waals surface area contributed by atoms with E-state index in [4.69, 9.17) is 28.4 Å². The minimum atomic E-state index is -0.457. The van der Waals surface area contributed by atoms with E-state index < -0.39 is 17.9 Å². The summed E-state index contributed by atoms with van der Waals surface area (Å²) in [5.41, 5.74) is 0.745. The second kappa shape index (κ2) is 34.6. The van der Waals surface area contributed by atoms with Crippen molar-refractivity contribution in [1.82, 2.24) is 0 Å². The van der Waals surface area contributed by atoms with Crippen molar-refractivity contribution >= 4 is 41.6 Å². The predicted octanol–water partition coefficient (Wildman–Crippen LogP) is 6.34. The second-order valence-electron chi connectivity index (χ2n) is 10.3. The molecule has 0 spiro atoms. The molecule has 1 aromatic carbocycles. The van der Waals surface area contributed by atoms with Crippen LogP contribution in [0.5, 0.6) is 0 Å². The van der Waals surface area contributed by atoms with Crippen LogP contribution in [0.1, 0.15) is 78.5 Å². The number of hydrogen-bond acceptors (Lipinski definition) is 13. The second-order valence-corrected chi connectivity index (χ2v) is 10.3. The Morgan fingerprint density at radius 1 is 0.377 bits per heavy atom. The molecule has 0 bridgehead atoms. The Morgan fingerprint density at radius 2 is 0.660 bits per heavy atom. The van der Waals surface area contributed by atoms with Crippen LogP contribution in [0.4, 0.5) is 0 Å². The Kier molecular flexibility index (Phi) is 32.2. The Labute approximate surface area is 312 Å². The average Bonchev–Trinajstić information content (AvgIpc) is 3.17. The van der Waals surface area contributed by atoms with Crippen molar-refractivity contribution in [2.24, 2.45) is 0 Å². The van der Waals surface area contributed by atoms with Gasteiger partial charge >= 0.3 is 35.8 Å². The molecule has 0 saturated carbocycles. The van der Waals surface area contributed by atoms with Gasteiger partial charge in [-0.1, -0.05) is 75.9 Å². The molecule has 1 aromatic rings. The number of unbranched alkanes of at least 4 members (excludes halogenated alkanes) is 1. The molecular formula is C40H52O13. The first kappa shape index (κ1) is 49.3. The first-order valence-electron chi connectivity index (χ1n) is 16.7. The van der Waals surface area contributed by atoms with Gasteiger partial charge in [0.2, 0.25) is 0 Å². The topological polar surface area (TPSA) is 175 Å². The third kappa shape index (κ3) is 30.7. The molecule has 1 rings (SSSR count). The van der Waals surface area contributed by atoms with E-state index in [0.29, 0.717) is 43.2 Å². The van der Waals surface area contributed by atoms with Crippen molar-refractivity contribution in [1.29, 1.82) is 0 Å². The quantitative estimate of drug-likeness (QED) is 0.0446. The van der Waals surface area contributed by atoms with Crippen molar-refractivity contribution in [3.63, 3.8) is 0 Å². The monoisotopic (exact) mass is 740 g/mol. The van der Waals surface area contributed by atoms with Crippen LogP contribution in [-0.2, 0) is 52.4 Å². The van der Waals surface area contributed by atoms with Gasteiger partial charge in [-0.3, -0.25) is 24.0 Å². The molecule has 0 aliphatic rings. The fourth-order valence-electron chi connectivity index (χ4n) is 3.41. The van der Waals surface area contributed by atoms with Crippen LogP contribution in [0, 0.1) is 0 Å². The van der Waals surface area contributed by atoms with Gasteiger partial charge in [0.05, 0.1) is 17.5 Å². The Hall–Kier alpha value is -5.85. The molecule has 290 valence electrons. The molecular weight excluding hydrogens is 688 g/mol. The van der Waals surface area contributed by atoms with E-state index in [1.165, 1.54) is 60.7 Å². The minimum Gasteiger partial charge on any atom is -0.461 e. The molecule has 0 unspecified atom stereocenters. The van der Waals surface area contributed by atoms with Gasteiger partial charge in [-0.15, -0.1) is 0 Å². The summed E-state index contributed by atoms with van der Waals surface area (Å²) in [5.74, 6) is -2.27. The summed E-state index contributed by atoms with van der Waals surface area (Å²) in [4.78, 5) is 78.6. The third-order valence-electron chi connectivity index (χ3n) is 5.93. The molecule has 0 aliphatic heterocycles. The lowest BCUT2D eigenvalue weighted by Gasteiger charge is -2.04. The van der Waals surface area contributed by atoms with Crippen LogP contribution in [0.2, 0.25) is 0 Å². The van der Waals surface area contributed by atoms with Gasteiger partial charge in [0.15, 0.2) is 0 Å². The van der Waals surface area contributed by atoms with Gasteiger partial charge in [0, 0.05) is 32.1 Å². The van der Waals surface area contributed by atoms with Crippen molar-refractivity contribution in [3.8, 4) is 0 Å². The molecule has 0 aliphatic carbocycles. The summed E-state index contributed by atoms with van der Waals surface area (Å²) >= 11 is 0. The van der Waals surface area contributed by atoms with Gasteiger partial charge in [0.1, 0.15) is 45.4 Å². The van der Waals surface area contributed by atoms with Crippen molar-refractivity contribution < 1.29 is 62.0 Å². The predicted molar refractivity (Wildman–Crippen MR) is 199 cm³/mol. The number of rotatable bonds is 26. The lowest BCUT2D eigenvalue weighted by molar-refractivity contribution is -0.144. The van der Waals surface area contributed by atoms with E-state index in [-0.39, 0.29) is 89.0 Å². The Balaban J connectivity index is 0. The van der Waals surface area contributed by atoms with Crippen LogP contribution >= 0.6 is 0 Å². The van der Waals surface area contributed by atoms with Crippen LogP contribution in [-0.4, -0.2) is 81.2 Å². The number of benzene rings is 1. The van der Waals surface area contributed by atoms with E-state index in [2.05, 4.69) is 39.5 Å². The van der Waals surface area contributed by atoms with Gasteiger partial charge in [-0.25, -0.2) is 9.59 Å². The molecule has 0 N–H and O–H groups in total. The SMILES string of the molecule is C=CCOC(=O)CCCC(=O)CCC(=O)OCC=C.C=CCOC(=O)CCCCC(=O)OCC=C.C=CCOC(=O)c1ccc(C(=O)OCC=C)cc1. The fraction of sp³-hybridized carbons (Fsp3) is 0.375. The molecule has 0 fully saturated rings. The number of carbonyl (C=O) groups excluding carboxylic acids is 7. The maximum atomic E-state index is 11.5. The summed E-state index contributed by atoms with van der Waals surface area (Å²) in [5, 5.41) is 0. The molecule has 53 heavy (non-hydrogen) atoms. The highest BCUT2D eigenvalue weighted by molar-refractivity contribution is 5.93. The van der Waals surface area contributed by atoms with Gasteiger partial charge in [-0.2, -0.15) is 0 Å². The summed E-state index contributed by atoms with van der Waals surface area (Å²) in [6.07, 6.45) is 11.9. The van der Waals surface area contributed by atoms with E-state index in [1.54, 1.807) is 0 Å². The zero-order valence-electron chi connectivity index (χ0n) is 30.4. The molecule has 0 atom stereocenters. The number of hydrogen-bond donors (Lipinski definition) is 0. The lowest BCUT2D eigenvalue weighted by Crippen LogP contribution is -2.09. The highest BCUT2D eigenvalue weighted by atomic mass is 16.5. The molecule has 13 nitrogen and oxygen atoms in total.